The molecular formula is C13H15NO3. The van der Waals surface area contributed by atoms with Crippen molar-refractivity contribution in [3.8, 4) is 23.3 Å². The van der Waals surface area contributed by atoms with Gasteiger partial charge in [-0.25, -0.2) is 0 Å². The van der Waals surface area contributed by atoms with Crippen LogP contribution in [0.1, 0.15) is 23.7 Å². The lowest BCUT2D eigenvalue weighted by atomic mass is 10.2. The van der Waals surface area contributed by atoms with Gasteiger partial charge in [-0.3, -0.25) is 4.79 Å². The van der Waals surface area contributed by atoms with Crippen molar-refractivity contribution in [1.82, 2.24) is 5.32 Å². The maximum Gasteiger partial charge on any atom is 0.255 e. The Labute approximate surface area is 101 Å². The van der Waals surface area contributed by atoms with Gasteiger partial charge in [0.05, 0.1) is 12.7 Å². The van der Waals surface area contributed by atoms with Crippen LogP contribution < -0.4 is 10.1 Å². The fourth-order valence-electron chi connectivity index (χ4n) is 1.29. The van der Waals surface area contributed by atoms with E-state index in [1.165, 1.54) is 19.2 Å². The molecule has 0 heterocycles. The lowest BCUT2D eigenvalue weighted by molar-refractivity contribution is 0.0952. The van der Waals surface area contributed by atoms with E-state index in [9.17, 15) is 9.90 Å². The Morgan fingerprint density at radius 2 is 2.29 bits per heavy atom. The molecule has 0 aliphatic carbocycles. The lowest BCUT2D eigenvalue weighted by Gasteiger charge is -2.06. The van der Waals surface area contributed by atoms with Gasteiger partial charge in [-0.05, 0) is 19.1 Å². The Kier molecular flexibility index (Phi) is 4.89. The third-order valence-electron chi connectivity index (χ3n) is 2.16. The second-order valence-electron chi connectivity index (χ2n) is 3.32. The average Bonchev–Trinajstić information content (AvgIpc) is 2.34. The van der Waals surface area contributed by atoms with E-state index in [-0.39, 0.29) is 17.2 Å². The minimum Gasteiger partial charge on any atom is -0.507 e. The van der Waals surface area contributed by atoms with Crippen molar-refractivity contribution in [1.29, 1.82) is 0 Å². The molecule has 1 aromatic carbocycles. The summed E-state index contributed by atoms with van der Waals surface area (Å²) in [5.74, 6) is 5.68. The van der Waals surface area contributed by atoms with E-state index in [0.717, 1.165) is 0 Å². The summed E-state index contributed by atoms with van der Waals surface area (Å²) < 4.78 is 4.93. The van der Waals surface area contributed by atoms with Gasteiger partial charge in [-0.2, -0.15) is 0 Å². The van der Waals surface area contributed by atoms with Gasteiger partial charge in [-0.15, -0.1) is 11.8 Å². The van der Waals surface area contributed by atoms with Crippen LogP contribution in [-0.2, 0) is 0 Å². The maximum absolute atomic E-state index is 11.7. The normalized spacial score (nSPS) is 9.06. The van der Waals surface area contributed by atoms with Crippen molar-refractivity contribution < 1.29 is 14.6 Å². The van der Waals surface area contributed by atoms with Crippen LogP contribution in [0.25, 0.3) is 0 Å². The Bertz CT molecular complexity index is 457. The van der Waals surface area contributed by atoms with Crippen molar-refractivity contribution in [2.45, 2.75) is 13.3 Å². The maximum atomic E-state index is 11.7. The first-order valence-electron chi connectivity index (χ1n) is 5.24. The molecule has 0 bridgehead atoms. The molecule has 17 heavy (non-hydrogen) atoms. The summed E-state index contributed by atoms with van der Waals surface area (Å²) in [4.78, 5) is 11.7. The van der Waals surface area contributed by atoms with Crippen LogP contribution in [0.3, 0.4) is 0 Å². The van der Waals surface area contributed by atoms with E-state index in [1.54, 1.807) is 13.0 Å². The zero-order chi connectivity index (χ0) is 12.7. The van der Waals surface area contributed by atoms with Crippen molar-refractivity contribution in [2.24, 2.45) is 0 Å². The number of hydrogen-bond donors (Lipinski definition) is 2. The van der Waals surface area contributed by atoms with Crippen LogP contribution in [0.2, 0.25) is 0 Å². The smallest absolute Gasteiger partial charge is 0.255 e. The highest BCUT2D eigenvalue weighted by atomic mass is 16.5. The summed E-state index contributed by atoms with van der Waals surface area (Å²) in [7, 11) is 1.50. The number of phenols is 1. The van der Waals surface area contributed by atoms with Gasteiger partial charge >= 0.3 is 0 Å². The molecule has 0 aliphatic rings. The molecule has 1 rings (SSSR count). The number of methoxy groups -OCH3 is 1. The van der Waals surface area contributed by atoms with E-state index >= 15 is 0 Å². The van der Waals surface area contributed by atoms with Crippen LogP contribution in [0.15, 0.2) is 18.2 Å². The number of hydrogen-bond acceptors (Lipinski definition) is 3. The molecule has 0 spiro atoms. The second kappa shape index (κ2) is 6.44. The third-order valence-corrected chi connectivity index (χ3v) is 2.16. The van der Waals surface area contributed by atoms with Gasteiger partial charge < -0.3 is 15.2 Å². The molecule has 0 atom stereocenters. The lowest BCUT2D eigenvalue weighted by Crippen LogP contribution is -2.24. The number of nitrogens with one attached hydrogen (secondary N) is 1. The highest BCUT2D eigenvalue weighted by Crippen LogP contribution is 2.22. The quantitative estimate of drug-likeness (QED) is 0.612. The first-order chi connectivity index (χ1) is 8.19. The summed E-state index contributed by atoms with van der Waals surface area (Å²) in [5, 5.41) is 12.3. The van der Waals surface area contributed by atoms with Gasteiger partial charge in [0.25, 0.3) is 5.91 Å². The Balaban J connectivity index is 2.64. The molecule has 0 fully saturated rings. The average molecular weight is 233 g/mol. The minimum atomic E-state index is -0.317. The number of benzene rings is 1. The van der Waals surface area contributed by atoms with E-state index in [1.807, 2.05) is 0 Å². The predicted octanol–water partition coefficient (Wildman–Crippen LogP) is 1.54. The SMILES string of the molecule is CC#CCCNC(=O)c1ccc(OC)cc1O. The van der Waals surface area contributed by atoms with E-state index in [4.69, 9.17) is 4.74 Å². The van der Waals surface area contributed by atoms with Crippen LogP contribution in [0.4, 0.5) is 0 Å². The standard InChI is InChI=1S/C13H15NO3/c1-3-4-5-8-14-13(16)11-7-6-10(17-2)9-12(11)15/h6-7,9,15H,5,8H2,1-2H3,(H,14,16). The molecule has 1 aromatic rings. The first kappa shape index (κ1) is 12.9. The van der Waals surface area contributed by atoms with Crippen LogP contribution in [-0.4, -0.2) is 24.7 Å². The zero-order valence-corrected chi connectivity index (χ0v) is 9.91. The molecule has 2 N–H and O–H groups in total. The summed E-state index contributed by atoms with van der Waals surface area (Å²) in [5.41, 5.74) is 0.232. The predicted molar refractivity (Wildman–Crippen MR) is 65.1 cm³/mol. The molecule has 4 nitrogen and oxygen atoms in total. The highest BCUT2D eigenvalue weighted by molar-refractivity contribution is 5.96. The Morgan fingerprint density at radius 3 is 2.88 bits per heavy atom. The van der Waals surface area contributed by atoms with Gasteiger partial charge in [0.15, 0.2) is 0 Å². The monoisotopic (exact) mass is 233 g/mol. The highest BCUT2D eigenvalue weighted by Gasteiger charge is 2.10. The molecule has 0 unspecified atom stereocenters. The van der Waals surface area contributed by atoms with Crippen molar-refractivity contribution in [3.05, 3.63) is 23.8 Å². The molecule has 0 saturated carbocycles. The number of carbonyl (C=O) groups is 1. The summed E-state index contributed by atoms with van der Waals surface area (Å²) in [6, 6.07) is 4.55. The van der Waals surface area contributed by atoms with Crippen molar-refractivity contribution in [3.63, 3.8) is 0 Å². The number of rotatable bonds is 4. The van der Waals surface area contributed by atoms with E-state index in [2.05, 4.69) is 17.2 Å². The van der Waals surface area contributed by atoms with Gasteiger partial charge in [-0.1, -0.05) is 0 Å². The van der Waals surface area contributed by atoms with Crippen LogP contribution >= 0.6 is 0 Å². The van der Waals surface area contributed by atoms with E-state index < -0.39 is 0 Å². The number of phenolic OH excluding ortho intramolecular Hbond substituents is 1. The van der Waals surface area contributed by atoms with E-state index in [0.29, 0.717) is 18.7 Å². The molecule has 90 valence electrons. The van der Waals surface area contributed by atoms with Gasteiger partial charge in [0.2, 0.25) is 0 Å². The molecule has 0 aromatic heterocycles. The largest absolute Gasteiger partial charge is 0.507 e. The van der Waals surface area contributed by atoms with Crippen molar-refractivity contribution >= 4 is 5.91 Å². The summed E-state index contributed by atoms with van der Waals surface area (Å²) in [6.07, 6.45) is 0.596. The van der Waals surface area contributed by atoms with Crippen LogP contribution in [0, 0.1) is 11.8 Å². The molecule has 4 heteroatoms. The number of ether oxygens (including phenoxy) is 1. The molecule has 0 radical (unpaired) electrons. The molecular weight excluding hydrogens is 218 g/mol. The molecule has 0 saturated heterocycles. The summed E-state index contributed by atoms with van der Waals surface area (Å²) in [6.45, 7) is 2.21. The topological polar surface area (TPSA) is 58.6 Å². The molecule has 1 amide bonds. The fraction of sp³-hybridized carbons (Fsp3) is 0.308. The fourth-order valence-corrected chi connectivity index (χ4v) is 1.29. The second-order valence-corrected chi connectivity index (χ2v) is 3.32. The minimum absolute atomic E-state index is 0.0941. The Morgan fingerprint density at radius 1 is 1.53 bits per heavy atom. The van der Waals surface area contributed by atoms with Gasteiger partial charge in [0, 0.05) is 19.0 Å². The summed E-state index contributed by atoms with van der Waals surface area (Å²) >= 11 is 0. The number of aromatic hydroxyl groups is 1. The van der Waals surface area contributed by atoms with Crippen molar-refractivity contribution in [2.75, 3.05) is 13.7 Å². The zero-order valence-electron chi connectivity index (χ0n) is 9.91. The van der Waals surface area contributed by atoms with Crippen LogP contribution in [0.5, 0.6) is 11.5 Å². The van der Waals surface area contributed by atoms with Gasteiger partial charge in [0.1, 0.15) is 11.5 Å². The number of carbonyl (C=O) groups excluding carboxylic acids is 1. The number of amides is 1. The Hall–Kier alpha value is -2.15. The molecule has 0 aliphatic heterocycles. The third kappa shape index (κ3) is 3.72. The first-order valence-corrected chi connectivity index (χ1v) is 5.24.